The zero-order valence-electron chi connectivity index (χ0n) is 12.6. The molecule has 0 aliphatic carbocycles. The number of aromatic nitrogens is 4. The molecule has 8 heteroatoms. The van der Waals surface area contributed by atoms with Gasteiger partial charge in [-0.05, 0) is 32.0 Å². The molecule has 0 spiro atoms. The summed E-state index contributed by atoms with van der Waals surface area (Å²) in [6.07, 6.45) is 0. The molecule has 0 unspecified atom stereocenters. The summed E-state index contributed by atoms with van der Waals surface area (Å²) < 4.78 is 16.0. The second kappa shape index (κ2) is 5.62. The van der Waals surface area contributed by atoms with Crippen molar-refractivity contribution in [2.45, 2.75) is 24.8 Å². The zero-order valence-corrected chi connectivity index (χ0v) is 13.4. The first-order valence-corrected chi connectivity index (χ1v) is 8.06. The van der Waals surface area contributed by atoms with Gasteiger partial charge in [0.2, 0.25) is 18.5 Å². The topological polar surface area (TPSA) is 86.1 Å². The Morgan fingerprint density at radius 1 is 1.17 bits per heavy atom. The largest absolute Gasteiger partial charge is 0.454 e. The maximum absolute atomic E-state index is 5.36. The number of aromatic amines is 1. The number of hydrogen-bond donors (Lipinski definition) is 1. The fourth-order valence-corrected chi connectivity index (χ4v) is 2.98. The molecule has 7 nitrogen and oxygen atoms in total. The van der Waals surface area contributed by atoms with Gasteiger partial charge in [-0.2, -0.15) is 4.98 Å². The highest BCUT2D eigenvalue weighted by molar-refractivity contribution is 7.98. The Kier molecular flexibility index (Phi) is 3.45. The van der Waals surface area contributed by atoms with Crippen molar-refractivity contribution in [3.63, 3.8) is 0 Å². The van der Waals surface area contributed by atoms with Gasteiger partial charge in [0.1, 0.15) is 0 Å². The van der Waals surface area contributed by atoms with Crippen LogP contribution in [0.15, 0.2) is 27.9 Å². The van der Waals surface area contributed by atoms with E-state index in [1.54, 1.807) is 0 Å². The molecule has 23 heavy (non-hydrogen) atoms. The second-order valence-electron chi connectivity index (χ2n) is 5.12. The smallest absolute Gasteiger partial charge is 0.237 e. The average molecular weight is 330 g/mol. The van der Waals surface area contributed by atoms with Crippen molar-refractivity contribution >= 4 is 11.8 Å². The number of imidazole rings is 1. The van der Waals surface area contributed by atoms with Gasteiger partial charge in [0, 0.05) is 11.3 Å². The van der Waals surface area contributed by atoms with Gasteiger partial charge >= 0.3 is 0 Å². The predicted molar refractivity (Wildman–Crippen MR) is 83.5 cm³/mol. The quantitative estimate of drug-likeness (QED) is 0.736. The normalized spacial score (nSPS) is 12.8. The number of thioether (sulfide) groups is 1. The molecule has 4 rings (SSSR count). The minimum Gasteiger partial charge on any atom is -0.454 e. The number of H-pyrrole nitrogens is 1. The summed E-state index contributed by atoms with van der Waals surface area (Å²) in [5, 5.41) is 4.87. The highest BCUT2D eigenvalue weighted by atomic mass is 32.2. The summed E-state index contributed by atoms with van der Waals surface area (Å²) in [7, 11) is 0. The van der Waals surface area contributed by atoms with Crippen molar-refractivity contribution in [3.05, 3.63) is 35.5 Å². The Hall–Kier alpha value is -2.48. The number of benzene rings is 1. The summed E-state index contributed by atoms with van der Waals surface area (Å²) in [5.41, 5.74) is 2.90. The van der Waals surface area contributed by atoms with E-state index in [1.807, 2.05) is 32.0 Å². The van der Waals surface area contributed by atoms with E-state index < -0.39 is 0 Å². The number of nitrogens with zero attached hydrogens (tertiary/aromatic N) is 3. The minimum absolute atomic E-state index is 0.245. The average Bonchev–Trinajstić information content (AvgIpc) is 3.25. The maximum Gasteiger partial charge on any atom is 0.237 e. The third kappa shape index (κ3) is 2.77. The van der Waals surface area contributed by atoms with Gasteiger partial charge in [0.25, 0.3) is 0 Å². The van der Waals surface area contributed by atoms with Crippen molar-refractivity contribution in [1.29, 1.82) is 0 Å². The van der Waals surface area contributed by atoms with E-state index in [1.165, 1.54) is 11.8 Å². The fourth-order valence-electron chi connectivity index (χ4n) is 2.18. The van der Waals surface area contributed by atoms with Crippen LogP contribution < -0.4 is 9.47 Å². The SMILES string of the molecule is Cc1nc(SCc2nc(-c3ccc4c(c3)OCO4)no2)[nH]c1C. The molecule has 1 aromatic carbocycles. The van der Waals surface area contributed by atoms with E-state index in [0.717, 1.165) is 27.9 Å². The van der Waals surface area contributed by atoms with Crippen molar-refractivity contribution in [2.75, 3.05) is 6.79 Å². The van der Waals surface area contributed by atoms with Gasteiger partial charge < -0.3 is 19.0 Å². The molecule has 2 aromatic heterocycles. The Morgan fingerprint density at radius 3 is 2.87 bits per heavy atom. The van der Waals surface area contributed by atoms with E-state index in [4.69, 9.17) is 14.0 Å². The van der Waals surface area contributed by atoms with Crippen molar-refractivity contribution in [1.82, 2.24) is 20.1 Å². The van der Waals surface area contributed by atoms with Gasteiger partial charge in [-0.15, -0.1) is 0 Å². The lowest BCUT2D eigenvalue weighted by molar-refractivity contribution is 0.174. The number of ether oxygens (including phenoxy) is 2. The Balaban J connectivity index is 1.48. The molecular formula is C15H14N4O3S. The van der Waals surface area contributed by atoms with E-state index in [2.05, 4.69) is 20.1 Å². The monoisotopic (exact) mass is 330 g/mol. The van der Waals surface area contributed by atoms with E-state index in [0.29, 0.717) is 23.2 Å². The van der Waals surface area contributed by atoms with Gasteiger partial charge in [-0.25, -0.2) is 4.98 Å². The van der Waals surface area contributed by atoms with Crippen LogP contribution in [0.3, 0.4) is 0 Å². The number of nitrogens with one attached hydrogen (secondary N) is 1. The molecule has 0 bridgehead atoms. The van der Waals surface area contributed by atoms with Crippen LogP contribution in [0.5, 0.6) is 11.5 Å². The molecule has 1 aliphatic rings. The molecule has 1 aliphatic heterocycles. The maximum atomic E-state index is 5.36. The Morgan fingerprint density at radius 2 is 2.04 bits per heavy atom. The number of aryl methyl sites for hydroxylation is 2. The van der Waals surface area contributed by atoms with Gasteiger partial charge in [-0.1, -0.05) is 16.9 Å². The molecule has 0 saturated heterocycles. The molecule has 0 atom stereocenters. The third-order valence-corrected chi connectivity index (χ3v) is 4.40. The lowest BCUT2D eigenvalue weighted by Gasteiger charge is -1.97. The molecular weight excluding hydrogens is 316 g/mol. The highest BCUT2D eigenvalue weighted by Crippen LogP contribution is 2.35. The summed E-state index contributed by atoms with van der Waals surface area (Å²) in [4.78, 5) is 12.0. The minimum atomic E-state index is 0.245. The van der Waals surface area contributed by atoms with Crippen molar-refractivity contribution in [2.24, 2.45) is 0 Å². The van der Waals surface area contributed by atoms with E-state index in [-0.39, 0.29) is 6.79 Å². The molecule has 0 radical (unpaired) electrons. The van der Waals surface area contributed by atoms with Crippen LogP contribution in [-0.4, -0.2) is 26.9 Å². The number of hydrogen-bond acceptors (Lipinski definition) is 7. The van der Waals surface area contributed by atoms with Crippen LogP contribution in [0.2, 0.25) is 0 Å². The van der Waals surface area contributed by atoms with E-state index >= 15 is 0 Å². The van der Waals surface area contributed by atoms with Crippen LogP contribution in [-0.2, 0) is 5.75 Å². The standard InChI is InChI=1S/C15H14N4O3S/c1-8-9(2)17-15(16-8)23-6-13-18-14(19-22-13)10-3-4-11-12(5-10)21-7-20-11/h3-5H,6-7H2,1-2H3,(H,16,17). The Bertz CT molecular complexity index is 839. The first-order valence-electron chi connectivity index (χ1n) is 7.07. The molecule has 118 valence electrons. The molecule has 0 saturated carbocycles. The van der Waals surface area contributed by atoms with Gasteiger partial charge in [0.05, 0.1) is 11.4 Å². The van der Waals surface area contributed by atoms with E-state index in [9.17, 15) is 0 Å². The second-order valence-corrected chi connectivity index (χ2v) is 6.08. The van der Waals surface area contributed by atoms with Crippen LogP contribution in [0.25, 0.3) is 11.4 Å². The summed E-state index contributed by atoms with van der Waals surface area (Å²) in [6.45, 7) is 4.21. The predicted octanol–water partition coefficient (Wildman–Crippen LogP) is 3.10. The summed E-state index contributed by atoms with van der Waals surface area (Å²) in [5.74, 6) is 3.07. The van der Waals surface area contributed by atoms with Gasteiger partial charge in [0.15, 0.2) is 16.7 Å². The molecule has 0 fully saturated rings. The third-order valence-electron chi connectivity index (χ3n) is 3.54. The zero-order chi connectivity index (χ0) is 15.8. The molecule has 0 amide bonds. The van der Waals surface area contributed by atoms with Gasteiger partial charge in [-0.3, -0.25) is 0 Å². The Labute approximate surface area is 136 Å². The fraction of sp³-hybridized carbons (Fsp3) is 0.267. The van der Waals surface area contributed by atoms with Crippen LogP contribution in [0.4, 0.5) is 0 Å². The highest BCUT2D eigenvalue weighted by Gasteiger charge is 2.16. The van der Waals surface area contributed by atoms with Crippen LogP contribution in [0, 0.1) is 13.8 Å². The lowest BCUT2D eigenvalue weighted by atomic mass is 10.2. The number of rotatable bonds is 4. The first kappa shape index (κ1) is 14.1. The van der Waals surface area contributed by atoms with Crippen LogP contribution in [0.1, 0.15) is 17.3 Å². The first-order chi connectivity index (χ1) is 11.2. The van der Waals surface area contributed by atoms with Crippen molar-refractivity contribution in [3.8, 4) is 22.9 Å². The number of fused-ring (bicyclic) bond motifs is 1. The van der Waals surface area contributed by atoms with Crippen LogP contribution >= 0.6 is 11.8 Å². The lowest BCUT2D eigenvalue weighted by Crippen LogP contribution is -1.92. The summed E-state index contributed by atoms with van der Waals surface area (Å²) in [6, 6.07) is 5.58. The summed E-state index contributed by atoms with van der Waals surface area (Å²) >= 11 is 1.53. The molecule has 3 heterocycles. The van der Waals surface area contributed by atoms with Crippen molar-refractivity contribution < 1.29 is 14.0 Å². The molecule has 1 N–H and O–H groups in total. The molecule has 3 aromatic rings.